The summed E-state index contributed by atoms with van der Waals surface area (Å²) in [4.78, 5) is 12.3. The topological polar surface area (TPSA) is 26.3 Å². The highest BCUT2D eigenvalue weighted by atomic mass is 19.1. The van der Waals surface area contributed by atoms with Crippen LogP contribution in [0.3, 0.4) is 0 Å². The van der Waals surface area contributed by atoms with E-state index in [1.165, 1.54) is 19.2 Å². The molecule has 3 heteroatoms. The van der Waals surface area contributed by atoms with Crippen molar-refractivity contribution in [3.63, 3.8) is 0 Å². The molecule has 19 heavy (non-hydrogen) atoms. The monoisotopic (exact) mass is 258 g/mol. The normalized spacial score (nSPS) is 10.3. The number of aryl methyl sites for hydroxylation is 1. The summed E-state index contributed by atoms with van der Waals surface area (Å²) in [6.07, 6.45) is 0.164. The first-order chi connectivity index (χ1) is 9.10. The van der Waals surface area contributed by atoms with E-state index in [0.29, 0.717) is 16.9 Å². The molecule has 0 aliphatic carbocycles. The van der Waals surface area contributed by atoms with Gasteiger partial charge in [0.15, 0.2) is 5.78 Å². The molecular weight excluding hydrogens is 243 g/mol. The van der Waals surface area contributed by atoms with Crippen molar-refractivity contribution in [3.05, 3.63) is 65.0 Å². The fourth-order valence-electron chi connectivity index (χ4n) is 1.97. The molecule has 0 saturated heterocycles. The summed E-state index contributed by atoms with van der Waals surface area (Å²) in [6, 6.07) is 11.5. The van der Waals surface area contributed by atoms with Crippen LogP contribution in [0, 0.1) is 12.7 Å². The fraction of sp³-hybridized carbons (Fsp3) is 0.188. The van der Waals surface area contributed by atoms with Gasteiger partial charge in [0.05, 0.1) is 12.7 Å². The number of Topliss-reactive ketones (excluding diaryl/α,β-unsaturated/α-hetero) is 1. The highest BCUT2D eigenvalue weighted by Crippen LogP contribution is 2.21. The second kappa shape index (κ2) is 5.65. The van der Waals surface area contributed by atoms with Gasteiger partial charge < -0.3 is 4.74 Å². The second-order valence-corrected chi connectivity index (χ2v) is 4.43. The summed E-state index contributed by atoms with van der Waals surface area (Å²) in [7, 11) is 1.53. The van der Waals surface area contributed by atoms with E-state index in [1.54, 1.807) is 24.3 Å². The summed E-state index contributed by atoms with van der Waals surface area (Å²) in [5, 5.41) is 0. The Hall–Kier alpha value is -2.16. The lowest BCUT2D eigenvalue weighted by molar-refractivity contribution is 0.0990. The van der Waals surface area contributed by atoms with Crippen LogP contribution in [0.25, 0.3) is 0 Å². The molecule has 0 heterocycles. The van der Waals surface area contributed by atoms with Crippen molar-refractivity contribution in [1.82, 2.24) is 0 Å². The molecule has 2 rings (SSSR count). The summed E-state index contributed by atoms with van der Waals surface area (Å²) < 4.78 is 18.3. The predicted molar refractivity (Wildman–Crippen MR) is 72.2 cm³/mol. The zero-order chi connectivity index (χ0) is 13.8. The van der Waals surface area contributed by atoms with E-state index in [2.05, 4.69) is 0 Å². The largest absolute Gasteiger partial charge is 0.496 e. The van der Waals surface area contributed by atoms with Crippen molar-refractivity contribution >= 4 is 5.78 Å². The van der Waals surface area contributed by atoms with Gasteiger partial charge in [-0.25, -0.2) is 4.39 Å². The molecule has 0 aromatic heterocycles. The van der Waals surface area contributed by atoms with Gasteiger partial charge in [-0.2, -0.15) is 0 Å². The molecule has 98 valence electrons. The SMILES string of the molecule is COc1ccc(C)cc1C(=O)Cc1cccc(F)c1. The zero-order valence-electron chi connectivity index (χ0n) is 10.9. The van der Waals surface area contributed by atoms with Crippen LogP contribution in [0.1, 0.15) is 21.5 Å². The van der Waals surface area contributed by atoms with E-state index in [4.69, 9.17) is 4.74 Å². The van der Waals surface area contributed by atoms with E-state index >= 15 is 0 Å². The molecule has 0 amide bonds. The number of carbonyl (C=O) groups excluding carboxylic acids is 1. The molecule has 2 nitrogen and oxygen atoms in total. The molecule has 0 spiro atoms. The molecule has 0 aliphatic heterocycles. The van der Waals surface area contributed by atoms with Gasteiger partial charge in [-0.1, -0.05) is 23.8 Å². The Bertz CT molecular complexity index is 605. The Morgan fingerprint density at radius 2 is 2.00 bits per heavy atom. The summed E-state index contributed by atoms with van der Waals surface area (Å²) >= 11 is 0. The van der Waals surface area contributed by atoms with Crippen LogP contribution in [0.5, 0.6) is 5.75 Å². The Labute approximate surface area is 111 Å². The minimum absolute atomic E-state index is 0.0776. The zero-order valence-corrected chi connectivity index (χ0v) is 10.9. The molecule has 0 unspecified atom stereocenters. The van der Waals surface area contributed by atoms with Gasteiger partial charge in [-0.05, 0) is 36.8 Å². The minimum atomic E-state index is -0.332. The highest BCUT2D eigenvalue weighted by molar-refractivity contribution is 6.00. The van der Waals surface area contributed by atoms with Crippen LogP contribution >= 0.6 is 0 Å². The van der Waals surface area contributed by atoms with E-state index in [1.807, 2.05) is 13.0 Å². The van der Waals surface area contributed by atoms with Gasteiger partial charge in [0.25, 0.3) is 0 Å². The maximum Gasteiger partial charge on any atom is 0.170 e. The summed E-state index contributed by atoms with van der Waals surface area (Å²) in [5.41, 5.74) is 2.18. The molecule has 0 bridgehead atoms. The van der Waals surface area contributed by atoms with E-state index in [9.17, 15) is 9.18 Å². The highest BCUT2D eigenvalue weighted by Gasteiger charge is 2.13. The third-order valence-corrected chi connectivity index (χ3v) is 2.91. The molecule has 0 fully saturated rings. The van der Waals surface area contributed by atoms with Crippen LogP contribution in [-0.4, -0.2) is 12.9 Å². The fourth-order valence-corrected chi connectivity index (χ4v) is 1.97. The first-order valence-corrected chi connectivity index (χ1v) is 6.02. The number of ether oxygens (including phenoxy) is 1. The van der Waals surface area contributed by atoms with Gasteiger partial charge in [-0.3, -0.25) is 4.79 Å². The predicted octanol–water partition coefficient (Wildman–Crippen LogP) is 3.57. The first kappa shape index (κ1) is 13.3. The van der Waals surface area contributed by atoms with E-state index in [-0.39, 0.29) is 18.0 Å². The van der Waals surface area contributed by atoms with Gasteiger partial charge in [0.2, 0.25) is 0 Å². The van der Waals surface area contributed by atoms with Gasteiger partial charge >= 0.3 is 0 Å². The molecule has 0 atom stereocenters. The maximum absolute atomic E-state index is 13.1. The van der Waals surface area contributed by atoms with Crippen LogP contribution in [-0.2, 0) is 6.42 Å². The van der Waals surface area contributed by atoms with E-state index in [0.717, 1.165) is 5.56 Å². The van der Waals surface area contributed by atoms with Gasteiger partial charge in [0, 0.05) is 6.42 Å². The third kappa shape index (κ3) is 3.19. The number of hydrogen-bond donors (Lipinski definition) is 0. The summed E-state index contributed by atoms with van der Waals surface area (Å²) in [5.74, 6) is 0.139. The quantitative estimate of drug-likeness (QED) is 0.784. The number of methoxy groups -OCH3 is 1. The van der Waals surface area contributed by atoms with Crippen LogP contribution in [0.2, 0.25) is 0 Å². The molecule has 2 aromatic rings. The van der Waals surface area contributed by atoms with Gasteiger partial charge in [-0.15, -0.1) is 0 Å². The average molecular weight is 258 g/mol. The Morgan fingerprint density at radius 3 is 2.68 bits per heavy atom. The van der Waals surface area contributed by atoms with Crippen molar-refractivity contribution in [3.8, 4) is 5.75 Å². The van der Waals surface area contributed by atoms with Crippen LogP contribution in [0.4, 0.5) is 4.39 Å². The van der Waals surface area contributed by atoms with Crippen LogP contribution < -0.4 is 4.74 Å². The minimum Gasteiger partial charge on any atom is -0.496 e. The average Bonchev–Trinajstić information content (AvgIpc) is 2.38. The number of hydrogen-bond acceptors (Lipinski definition) is 2. The number of carbonyl (C=O) groups is 1. The number of benzene rings is 2. The number of rotatable bonds is 4. The van der Waals surface area contributed by atoms with Crippen molar-refractivity contribution in [2.45, 2.75) is 13.3 Å². The lowest BCUT2D eigenvalue weighted by Crippen LogP contribution is -2.06. The smallest absolute Gasteiger partial charge is 0.170 e. The van der Waals surface area contributed by atoms with Crippen LogP contribution in [0.15, 0.2) is 42.5 Å². The molecule has 0 N–H and O–H groups in total. The second-order valence-electron chi connectivity index (χ2n) is 4.43. The molecule has 0 radical (unpaired) electrons. The first-order valence-electron chi connectivity index (χ1n) is 6.02. The standard InChI is InChI=1S/C16H15FO2/c1-11-6-7-16(19-2)14(8-11)15(18)10-12-4-3-5-13(17)9-12/h3-9H,10H2,1-2H3. The molecule has 0 saturated carbocycles. The lowest BCUT2D eigenvalue weighted by atomic mass is 10.0. The van der Waals surface area contributed by atoms with Crippen molar-refractivity contribution in [1.29, 1.82) is 0 Å². The van der Waals surface area contributed by atoms with Crippen molar-refractivity contribution < 1.29 is 13.9 Å². The summed E-state index contributed by atoms with van der Waals surface area (Å²) in [6.45, 7) is 1.92. The van der Waals surface area contributed by atoms with Gasteiger partial charge in [0.1, 0.15) is 11.6 Å². The van der Waals surface area contributed by atoms with Crippen molar-refractivity contribution in [2.75, 3.05) is 7.11 Å². The Morgan fingerprint density at radius 1 is 1.21 bits per heavy atom. The molecule has 0 aliphatic rings. The third-order valence-electron chi connectivity index (χ3n) is 2.91. The number of halogens is 1. The Balaban J connectivity index is 2.27. The maximum atomic E-state index is 13.1. The lowest BCUT2D eigenvalue weighted by Gasteiger charge is -2.08. The van der Waals surface area contributed by atoms with E-state index < -0.39 is 0 Å². The van der Waals surface area contributed by atoms with Crippen molar-refractivity contribution in [2.24, 2.45) is 0 Å². The number of ketones is 1. The Kier molecular flexibility index (Phi) is 3.95. The molecule has 2 aromatic carbocycles. The molecular formula is C16H15FO2.